The van der Waals surface area contributed by atoms with Crippen molar-refractivity contribution in [2.45, 2.75) is 19.3 Å². The van der Waals surface area contributed by atoms with E-state index in [-0.39, 0.29) is 5.97 Å². The molecule has 130 valence electrons. The molecular formula is C19H25NO3S. The smallest absolute Gasteiger partial charge is 0.306 e. The second kappa shape index (κ2) is 10.1. The molecule has 24 heavy (non-hydrogen) atoms. The monoisotopic (exact) mass is 347 g/mol. The molecule has 0 aliphatic heterocycles. The van der Waals surface area contributed by atoms with Crippen LogP contribution in [0.1, 0.15) is 23.3 Å². The predicted octanol–water partition coefficient (Wildman–Crippen LogP) is 3.60. The molecule has 0 bridgehead atoms. The summed E-state index contributed by atoms with van der Waals surface area (Å²) in [7, 11) is 3.43. The second-order valence-electron chi connectivity index (χ2n) is 5.71. The Labute approximate surface area is 148 Å². The van der Waals surface area contributed by atoms with E-state index < -0.39 is 0 Å². The molecule has 1 heterocycles. The number of carbonyl (C=O) groups excluding carboxylic acids is 1. The lowest BCUT2D eigenvalue weighted by Gasteiger charge is -2.15. The summed E-state index contributed by atoms with van der Waals surface area (Å²) in [4.78, 5) is 14.5. The molecule has 2 rings (SSSR count). The van der Waals surface area contributed by atoms with E-state index >= 15 is 0 Å². The summed E-state index contributed by atoms with van der Waals surface area (Å²) >= 11 is 1.71. The summed E-state index contributed by atoms with van der Waals surface area (Å²) in [5, 5.41) is 0.971. The molecule has 4 nitrogen and oxygen atoms in total. The van der Waals surface area contributed by atoms with Gasteiger partial charge in [0.05, 0.1) is 20.1 Å². The normalized spacial score (nSPS) is 10.8. The van der Waals surface area contributed by atoms with E-state index in [1.807, 2.05) is 19.2 Å². The van der Waals surface area contributed by atoms with Crippen LogP contribution in [0.2, 0.25) is 0 Å². The first-order chi connectivity index (χ1) is 11.7. The number of rotatable bonds is 10. The summed E-state index contributed by atoms with van der Waals surface area (Å²) in [6, 6.07) is 14.6. The van der Waals surface area contributed by atoms with Crippen LogP contribution in [0.5, 0.6) is 5.06 Å². The van der Waals surface area contributed by atoms with E-state index in [2.05, 4.69) is 40.0 Å². The zero-order valence-electron chi connectivity index (χ0n) is 14.4. The van der Waals surface area contributed by atoms with Crippen molar-refractivity contribution in [3.8, 4) is 5.06 Å². The van der Waals surface area contributed by atoms with Gasteiger partial charge in [0.25, 0.3) is 0 Å². The van der Waals surface area contributed by atoms with E-state index in [9.17, 15) is 4.79 Å². The van der Waals surface area contributed by atoms with Gasteiger partial charge in [-0.15, -0.1) is 11.3 Å². The van der Waals surface area contributed by atoms with Crippen molar-refractivity contribution >= 4 is 17.3 Å². The molecule has 5 heteroatoms. The lowest BCUT2D eigenvalue weighted by molar-refractivity contribution is -0.140. The third-order valence-electron chi connectivity index (χ3n) is 3.71. The molecular weight excluding hydrogens is 322 g/mol. The maximum atomic E-state index is 11.1. The van der Waals surface area contributed by atoms with Crippen LogP contribution < -0.4 is 4.74 Å². The SMILES string of the molecule is COC(=O)CCN(C)CCCOc1ccc(Cc2ccccc2)s1. The maximum Gasteiger partial charge on any atom is 0.306 e. The van der Waals surface area contributed by atoms with E-state index in [1.54, 1.807) is 11.3 Å². The number of carbonyl (C=O) groups is 1. The van der Waals surface area contributed by atoms with Crippen molar-refractivity contribution < 1.29 is 14.3 Å². The molecule has 0 saturated carbocycles. The Morgan fingerprint density at radius 3 is 2.67 bits per heavy atom. The molecule has 0 amide bonds. The molecule has 0 atom stereocenters. The van der Waals surface area contributed by atoms with E-state index in [0.29, 0.717) is 19.6 Å². The minimum absolute atomic E-state index is 0.164. The van der Waals surface area contributed by atoms with E-state index in [4.69, 9.17) is 4.74 Å². The molecule has 0 N–H and O–H groups in total. The molecule has 0 aliphatic rings. The molecule has 0 saturated heterocycles. The molecule has 0 fully saturated rings. The number of thiophene rings is 1. The van der Waals surface area contributed by atoms with Gasteiger partial charge in [-0.05, 0) is 31.2 Å². The van der Waals surface area contributed by atoms with Gasteiger partial charge in [-0.2, -0.15) is 0 Å². The quantitative estimate of drug-likeness (QED) is 0.486. The Balaban J connectivity index is 1.63. The average Bonchev–Trinajstić information content (AvgIpc) is 3.04. The minimum Gasteiger partial charge on any atom is -0.484 e. The highest BCUT2D eigenvalue weighted by Crippen LogP contribution is 2.26. The van der Waals surface area contributed by atoms with Crippen molar-refractivity contribution in [1.29, 1.82) is 0 Å². The first-order valence-corrected chi connectivity index (χ1v) is 9.00. The predicted molar refractivity (Wildman–Crippen MR) is 97.8 cm³/mol. The minimum atomic E-state index is -0.164. The van der Waals surface area contributed by atoms with Crippen molar-refractivity contribution in [3.63, 3.8) is 0 Å². The fraction of sp³-hybridized carbons (Fsp3) is 0.421. The Morgan fingerprint density at radius 2 is 1.92 bits per heavy atom. The van der Waals surface area contributed by atoms with Gasteiger partial charge in [0.15, 0.2) is 5.06 Å². The Hall–Kier alpha value is -1.85. The van der Waals surface area contributed by atoms with E-state index in [1.165, 1.54) is 17.6 Å². The van der Waals surface area contributed by atoms with E-state index in [0.717, 1.165) is 24.4 Å². The van der Waals surface area contributed by atoms with Crippen LogP contribution in [-0.4, -0.2) is 44.7 Å². The Morgan fingerprint density at radius 1 is 1.12 bits per heavy atom. The van der Waals surface area contributed by atoms with Crippen molar-refractivity contribution in [2.24, 2.45) is 0 Å². The number of esters is 1. The zero-order chi connectivity index (χ0) is 17.2. The van der Waals surface area contributed by atoms with Crippen molar-refractivity contribution in [1.82, 2.24) is 4.90 Å². The van der Waals surface area contributed by atoms with Gasteiger partial charge < -0.3 is 14.4 Å². The Kier molecular flexibility index (Phi) is 7.79. The largest absolute Gasteiger partial charge is 0.484 e. The highest BCUT2D eigenvalue weighted by atomic mass is 32.1. The summed E-state index contributed by atoms with van der Waals surface area (Å²) < 4.78 is 10.5. The molecule has 0 unspecified atom stereocenters. The fourth-order valence-electron chi connectivity index (χ4n) is 2.33. The van der Waals surface area contributed by atoms with Crippen LogP contribution in [0.15, 0.2) is 42.5 Å². The number of ether oxygens (including phenoxy) is 2. The second-order valence-corrected chi connectivity index (χ2v) is 6.85. The van der Waals surface area contributed by atoms with Gasteiger partial charge >= 0.3 is 5.97 Å². The number of benzene rings is 1. The number of nitrogens with zero attached hydrogens (tertiary/aromatic N) is 1. The summed E-state index contributed by atoms with van der Waals surface area (Å²) in [6.07, 6.45) is 2.32. The molecule has 0 spiro atoms. The third kappa shape index (κ3) is 6.72. The standard InChI is InChI=1S/C19H25NO3S/c1-20(13-11-18(21)22-2)12-6-14-23-19-10-9-17(24-19)15-16-7-4-3-5-8-16/h3-5,7-10H,6,11-15H2,1-2H3. The maximum absolute atomic E-state index is 11.1. The summed E-state index contributed by atoms with van der Waals surface area (Å²) in [5.74, 6) is -0.164. The van der Waals surface area contributed by atoms with Crippen LogP contribution in [0.3, 0.4) is 0 Å². The van der Waals surface area contributed by atoms with Gasteiger partial charge in [-0.25, -0.2) is 0 Å². The first-order valence-electron chi connectivity index (χ1n) is 8.18. The van der Waals surface area contributed by atoms with Crippen LogP contribution >= 0.6 is 11.3 Å². The van der Waals surface area contributed by atoms with Gasteiger partial charge in [0.2, 0.25) is 0 Å². The number of methoxy groups -OCH3 is 1. The molecule has 0 aliphatic carbocycles. The molecule has 2 aromatic rings. The number of hydrogen-bond acceptors (Lipinski definition) is 5. The molecule has 1 aromatic carbocycles. The van der Waals surface area contributed by atoms with Gasteiger partial charge in [0.1, 0.15) is 0 Å². The van der Waals surface area contributed by atoms with Crippen LogP contribution in [0.25, 0.3) is 0 Å². The highest BCUT2D eigenvalue weighted by molar-refractivity contribution is 7.13. The Bertz CT molecular complexity index is 612. The first kappa shape index (κ1) is 18.5. The van der Waals surface area contributed by atoms with Crippen LogP contribution in [0, 0.1) is 0 Å². The van der Waals surface area contributed by atoms with Gasteiger partial charge in [-0.1, -0.05) is 30.3 Å². The average molecular weight is 347 g/mol. The van der Waals surface area contributed by atoms with Crippen molar-refractivity contribution in [3.05, 3.63) is 52.9 Å². The number of hydrogen-bond donors (Lipinski definition) is 0. The molecule has 0 radical (unpaired) electrons. The van der Waals surface area contributed by atoms with Crippen molar-refractivity contribution in [2.75, 3.05) is 33.9 Å². The zero-order valence-corrected chi connectivity index (χ0v) is 15.2. The third-order valence-corrected chi connectivity index (χ3v) is 4.71. The molecule has 1 aromatic heterocycles. The van der Waals surface area contributed by atoms with Crippen LogP contribution in [0.4, 0.5) is 0 Å². The van der Waals surface area contributed by atoms with Crippen LogP contribution in [-0.2, 0) is 16.0 Å². The fourth-order valence-corrected chi connectivity index (χ4v) is 3.24. The summed E-state index contributed by atoms with van der Waals surface area (Å²) in [5.41, 5.74) is 1.32. The van der Waals surface area contributed by atoms with Gasteiger partial charge in [-0.3, -0.25) is 4.79 Å². The lowest BCUT2D eigenvalue weighted by atomic mass is 10.1. The highest BCUT2D eigenvalue weighted by Gasteiger charge is 2.05. The van der Waals surface area contributed by atoms with Gasteiger partial charge in [0, 0.05) is 24.4 Å². The lowest BCUT2D eigenvalue weighted by Crippen LogP contribution is -2.24. The summed E-state index contributed by atoms with van der Waals surface area (Å²) in [6.45, 7) is 2.31. The topological polar surface area (TPSA) is 38.8 Å².